The summed E-state index contributed by atoms with van der Waals surface area (Å²) in [4.78, 5) is 7.49. The SMILES string of the molecule is CN1CCN(CCCC2c3ccccc3CN(C)c3ccccc32)CC1. The van der Waals surface area contributed by atoms with Crippen LogP contribution in [0.5, 0.6) is 0 Å². The lowest BCUT2D eigenvalue weighted by Gasteiger charge is -2.32. The molecule has 0 aliphatic carbocycles. The molecule has 2 heterocycles. The summed E-state index contributed by atoms with van der Waals surface area (Å²) in [6.07, 6.45) is 2.50. The lowest BCUT2D eigenvalue weighted by molar-refractivity contribution is 0.152. The van der Waals surface area contributed by atoms with E-state index in [1.807, 2.05) is 0 Å². The van der Waals surface area contributed by atoms with Crippen molar-refractivity contribution in [3.63, 3.8) is 0 Å². The largest absolute Gasteiger partial charge is 0.370 e. The molecule has 1 unspecified atom stereocenters. The molecule has 0 N–H and O–H groups in total. The Labute approximate surface area is 158 Å². The molecule has 0 spiro atoms. The number of para-hydroxylation sites is 1. The van der Waals surface area contributed by atoms with Gasteiger partial charge >= 0.3 is 0 Å². The van der Waals surface area contributed by atoms with Crippen molar-refractivity contribution in [2.75, 3.05) is 51.7 Å². The van der Waals surface area contributed by atoms with E-state index in [0.717, 1.165) is 6.54 Å². The minimum Gasteiger partial charge on any atom is -0.370 e. The summed E-state index contributed by atoms with van der Waals surface area (Å²) in [5.41, 5.74) is 5.91. The summed E-state index contributed by atoms with van der Waals surface area (Å²) < 4.78 is 0. The Morgan fingerprint density at radius 3 is 2.35 bits per heavy atom. The van der Waals surface area contributed by atoms with Crippen molar-refractivity contribution in [2.45, 2.75) is 25.3 Å². The maximum absolute atomic E-state index is 2.64. The Morgan fingerprint density at radius 2 is 1.54 bits per heavy atom. The van der Waals surface area contributed by atoms with Crippen LogP contribution in [0.1, 0.15) is 35.4 Å². The molecule has 0 bridgehead atoms. The molecule has 2 aromatic carbocycles. The topological polar surface area (TPSA) is 9.72 Å². The third kappa shape index (κ3) is 3.65. The number of likely N-dealkylation sites (N-methyl/N-ethyl adjacent to an activating group) is 1. The van der Waals surface area contributed by atoms with Crippen molar-refractivity contribution < 1.29 is 0 Å². The third-order valence-corrected chi connectivity index (χ3v) is 6.12. The summed E-state index contributed by atoms with van der Waals surface area (Å²) in [5, 5.41) is 0. The van der Waals surface area contributed by atoms with Gasteiger partial charge in [0.25, 0.3) is 0 Å². The molecule has 4 rings (SSSR count). The Bertz CT molecular complexity index is 734. The van der Waals surface area contributed by atoms with Crippen molar-refractivity contribution in [3.8, 4) is 0 Å². The lowest BCUT2D eigenvalue weighted by Crippen LogP contribution is -2.44. The highest BCUT2D eigenvalue weighted by Gasteiger charge is 2.25. The van der Waals surface area contributed by atoms with E-state index < -0.39 is 0 Å². The Morgan fingerprint density at radius 1 is 0.846 bits per heavy atom. The van der Waals surface area contributed by atoms with Gasteiger partial charge in [0.2, 0.25) is 0 Å². The normalized spacial score (nSPS) is 21.2. The third-order valence-electron chi connectivity index (χ3n) is 6.12. The van der Waals surface area contributed by atoms with Gasteiger partial charge in [-0.25, -0.2) is 0 Å². The smallest absolute Gasteiger partial charge is 0.0429 e. The number of nitrogens with zero attached hydrogens (tertiary/aromatic N) is 3. The van der Waals surface area contributed by atoms with Gasteiger partial charge in [-0.15, -0.1) is 0 Å². The van der Waals surface area contributed by atoms with E-state index in [1.54, 1.807) is 0 Å². The fourth-order valence-electron chi connectivity index (χ4n) is 4.56. The van der Waals surface area contributed by atoms with Gasteiger partial charge in [0.1, 0.15) is 0 Å². The zero-order chi connectivity index (χ0) is 17.9. The maximum atomic E-state index is 2.64. The van der Waals surface area contributed by atoms with E-state index in [-0.39, 0.29) is 0 Å². The molecule has 1 atom stereocenters. The average Bonchev–Trinajstić information content (AvgIpc) is 2.78. The molecule has 0 saturated carbocycles. The standard InChI is InChI=1S/C23H31N3/c1-24-14-16-26(17-15-24)13-7-11-21-20-9-4-3-8-19(20)18-25(2)23-12-6-5-10-22(21)23/h3-6,8-10,12,21H,7,11,13-18H2,1-2H3. The van der Waals surface area contributed by atoms with Gasteiger partial charge in [-0.1, -0.05) is 42.5 Å². The number of hydrogen-bond donors (Lipinski definition) is 0. The van der Waals surface area contributed by atoms with Crippen molar-refractivity contribution in [2.24, 2.45) is 0 Å². The van der Waals surface area contributed by atoms with E-state index in [4.69, 9.17) is 0 Å². The summed E-state index contributed by atoms with van der Waals surface area (Å²) in [7, 11) is 4.45. The van der Waals surface area contributed by atoms with Crippen LogP contribution in [0.25, 0.3) is 0 Å². The number of fused-ring (bicyclic) bond motifs is 2. The molecule has 0 amide bonds. The van der Waals surface area contributed by atoms with E-state index in [9.17, 15) is 0 Å². The number of benzene rings is 2. The lowest BCUT2D eigenvalue weighted by atomic mass is 9.85. The average molecular weight is 350 g/mol. The van der Waals surface area contributed by atoms with Gasteiger partial charge in [-0.3, -0.25) is 0 Å². The first-order valence-electron chi connectivity index (χ1n) is 10.0. The first-order chi connectivity index (χ1) is 12.7. The molecule has 2 aliphatic heterocycles. The maximum Gasteiger partial charge on any atom is 0.0429 e. The van der Waals surface area contributed by atoms with E-state index >= 15 is 0 Å². The van der Waals surface area contributed by atoms with Gasteiger partial charge in [0.05, 0.1) is 0 Å². The van der Waals surface area contributed by atoms with Crippen LogP contribution in [0.4, 0.5) is 5.69 Å². The van der Waals surface area contributed by atoms with E-state index in [2.05, 4.69) is 77.3 Å². The fraction of sp³-hybridized carbons (Fsp3) is 0.478. The number of anilines is 1. The van der Waals surface area contributed by atoms with E-state index in [0.29, 0.717) is 5.92 Å². The molecular weight excluding hydrogens is 318 g/mol. The highest BCUT2D eigenvalue weighted by molar-refractivity contribution is 5.60. The van der Waals surface area contributed by atoms with Crippen LogP contribution in [-0.4, -0.2) is 56.6 Å². The molecular formula is C23H31N3. The Balaban J connectivity index is 1.53. The van der Waals surface area contributed by atoms with Crippen LogP contribution in [0, 0.1) is 0 Å². The van der Waals surface area contributed by atoms with Crippen LogP contribution >= 0.6 is 0 Å². The Kier molecular flexibility index (Phi) is 5.28. The van der Waals surface area contributed by atoms with Crippen molar-refractivity contribution in [1.29, 1.82) is 0 Å². The molecule has 2 aromatic rings. The van der Waals surface area contributed by atoms with Crippen LogP contribution in [0.3, 0.4) is 0 Å². The van der Waals surface area contributed by atoms with Crippen LogP contribution < -0.4 is 4.90 Å². The van der Waals surface area contributed by atoms with Gasteiger partial charge in [0.15, 0.2) is 0 Å². The monoisotopic (exact) mass is 349 g/mol. The second-order valence-electron chi connectivity index (χ2n) is 7.95. The van der Waals surface area contributed by atoms with Crippen molar-refractivity contribution in [3.05, 3.63) is 65.2 Å². The van der Waals surface area contributed by atoms with Crippen molar-refractivity contribution >= 4 is 5.69 Å². The molecule has 0 aromatic heterocycles. The quantitative estimate of drug-likeness (QED) is 0.831. The van der Waals surface area contributed by atoms with Crippen molar-refractivity contribution in [1.82, 2.24) is 9.80 Å². The molecule has 26 heavy (non-hydrogen) atoms. The molecule has 3 nitrogen and oxygen atoms in total. The van der Waals surface area contributed by atoms with Gasteiger partial charge < -0.3 is 14.7 Å². The molecule has 0 radical (unpaired) electrons. The zero-order valence-corrected chi connectivity index (χ0v) is 16.2. The van der Waals surface area contributed by atoms with Crippen LogP contribution in [0.2, 0.25) is 0 Å². The number of hydrogen-bond acceptors (Lipinski definition) is 3. The first-order valence-corrected chi connectivity index (χ1v) is 10.0. The van der Waals surface area contributed by atoms with Crippen LogP contribution in [0.15, 0.2) is 48.5 Å². The predicted octanol–water partition coefficient (Wildman–Crippen LogP) is 3.80. The highest BCUT2D eigenvalue weighted by Crippen LogP contribution is 2.40. The molecule has 1 saturated heterocycles. The summed E-state index contributed by atoms with van der Waals surface area (Å²) in [6.45, 7) is 7.08. The minimum atomic E-state index is 0.514. The number of rotatable bonds is 4. The minimum absolute atomic E-state index is 0.514. The molecule has 2 aliphatic rings. The highest BCUT2D eigenvalue weighted by atomic mass is 15.2. The molecule has 1 fully saturated rings. The first kappa shape index (κ1) is 17.6. The number of piperazine rings is 1. The predicted molar refractivity (Wildman–Crippen MR) is 110 cm³/mol. The summed E-state index contributed by atoms with van der Waals surface area (Å²) in [6, 6.07) is 18.1. The molecule has 138 valence electrons. The van der Waals surface area contributed by atoms with Crippen LogP contribution in [-0.2, 0) is 6.54 Å². The second kappa shape index (κ2) is 7.81. The summed E-state index contributed by atoms with van der Waals surface area (Å²) >= 11 is 0. The molecule has 3 heteroatoms. The van der Waals surface area contributed by atoms with Gasteiger partial charge in [-0.2, -0.15) is 0 Å². The summed E-state index contributed by atoms with van der Waals surface area (Å²) in [5.74, 6) is 0.514. The van der Waals surface area contributed by atoms with E-state index in [1.165, 1.54) is 67.9 Å². The van der Waals surface area contributed by atoms with Gasteiger partial charge in [0, 0.05) is 51.4 Å². The van der Waals surface area contributed by atoms with Gasteiger partial charge in [-0.05, 0) is 49.2 Å². The second-order valence-corrected chi connectivity index (χ2v) is 7.95. The zero-order valence-electron chi connectivity index (χ0n) is 16.2. The Hall–Kier alpha value is -1.84. The fourth-order valence-corrected chi connectivity index (χ4v) is 4.56.